The van der Waals surface area contributed by atoms with Crippen molar-refractivity contribution in [3.8, 4) is 0 Å². The molecule has 0 aliphatic heterocycles. The molecule has 1 aromatic heterocycles. The fourth-order valence-electron chi connectivity index (χ4n) is 1.48. The van der Waals surface area contributed by atoms with Gasteiger partial charge >= 0.3 is 0 Å². The van der Waals surface area contributed by atoms with Gasteiger partial charge in [-0.15, -0.1) is 0 Å². The van der Waals surface area contributed by atoms with Crippen molar-refractivity contribution in [2.24, 2.45) is 0 Å². The average Bonchev–Trinajstić information content (AvgIpc) is 2.51. The van der Waals surface area contributed by atoms with Crippen molar-refractivity contribution in [1.29, 1.82) is 0 Å². The fraction of sp³-hybridized carbons (Fsp3) is 0.700. The minimum Gasteiger partial charge on any atom is -0.383 e. The Hall–Kier alpha value is -0.580. The molecule has 0 aliphatic rings. The lowest BCUT2D eigenvalue weighted by Crippen LogP contribution is -2.37. The molecule has 1 atom stereocenters. The van der Waals surface area contributed by atoms with E-state index in [1.165, 1.54) is 0 Å². The first-order valence-corrected chi connectivity index (χ1v) is 5.47. The molecule has 0 amide bonds. The molecular weight excluding hydrogens is 214 g/mol. The molecule has 0 aromatic carbocycles. The van der Waals surface area contributed by atoms with E-state index in [0.717, 1.165) is 18.8 Å². The van der Waals surface area contributed by atoms with Gasteiger partial charge in [0, 0.05) is 7.11 Å². The van der Waals surface area contributed by atoms with Crippen molar-refractivity contribution in [2.75, 3.05) is 20.3 Å². The van der Waals surface area contributed by atoms with E-state index in [-0.39, 0.29) is 6.04 Å². The van der Waals surface area contributed by atoms with Crippen LogP contribution < -0.4 is 5.32 Å². The van der Waals surface area contributed by atoms with Crippen molar-refractivity contribution in [2.45, 2.75) is 26.4 Å². The molecule has 5 heteroatoms. The van der Waals surface area contributed by atoms with Crippen LogP contribution in [0.5, 0.6) is 0 Å². The summed E-state index contributed by atoms with van der Waals surface area (Å²) in [6.07, 6.45) is 1.67. The van der Waals surface area contributed by atoms with Crippen LogP contribution in [0.25, 0.3) is 0 Å². The normalized spacial score (nSPS) is 13.1. The second kappa shape index (κ2) is 6.10. The largest absolute Gasteiger partial charge is 0.383 e. The molecule has 4 nitrogen and oxygen atoms in total. The molecule has 1 heterocycles. The number of rotatable bonds is 6. The van der Waals surface area contributed by atoms with Gasteiger partial charge in [0.05, 0.1) is 36.1 Å². The van der Waals surface area contributed by atoms with Crippen molar-refractivity contribution in [3.05, 3.63) is 16.9 Å². The number of likely N-dealkylation sites (N-methyl/N-ethyl adjacent to an activating group) is 1. The molecule has 0 aliphatic carbocycles. The molecule has 0 saturated heterocycles. The Morgan fingerprint density at radius 2 is 2.40 bits per heavy atom. The van der Waals surface area contributed by atoms with Crippen LogP contribution >= 0.6 is 11.6 Å². The number of methoxy groups -OCH3 is 1. The third kappa shape index (κ3) is 3.48. The third-order valence-electron chi connectivity index (χ3n) is 2.30. The number of halogens is 1. The second-order valence-corrected chi connectivity index (χ2v) is 3.88. The topological polar surface area (TPSA) is 39.1 Å². The van der Waals surface area contributed by atoms with Gasteiger partial charge in [-0.25, -0.2) is 0 Å². The maximum absolute atomic E-state index is 5.93. The van der Waals surface area contributed by atoms with Crippen LogP contribution in [0.4, 0.5) is 0 Å². The molecule has 0 bridgehead atoms. The number of hydrogen-bond acceptors (Lipinski definition) is 3. The van der Waals surface area contributed by atoms with Gasteiger partial charge in [-0.1, -0.05) is 18.5 Å². The summed E-state index contributed by atoms with van der Waals surface area (Å²) in [5.41, 5.74) is 0.996. The first-order chi connectivity index (χ1) is 7.19. The van der Waals surface area contributed by atoms with Crippen LogP contribution in [-0.2, 0) is 11.3 Å². The van der Waals surface area contributed by atoms with Gasteiger partial charge in [0.15, 0.2) is 0 Å². The van der Waals surface area contributed by atoms with Gasteiger partial charge in [0.2, 0.25) is 0 Å². The van der Waals surface area contributed by atoms with E-state index in [1.54, 1.807) is 13.3 Å². The third-order valence-corrected chi connectivity index (χ3v) is 2.67. The second-order valence-electron chi connectivity index (χ2n) is 3.47. The summed E-state index contributed by atoms with van der Waals surface area (Å²) in [5, 5.41) is 8.26. The Morgan fingerprint density at radius 1 is 1.67 bits per heavy atom. The minimum atomic E-state index is 0.273. The molecule has 0 saturated carbocycles. The Morgan fingerprint density at radius 3 is 2.87 bits per heavy atom. The van der Waals surface area contributed by atoms with Crippen LogP contribution in [-0.4, -0.2) is 36.1 Å². The number of aromatic nitrogens is 2. The first kappa shape index (κ1) is 12.5. The Kier molecular flexibility index (Phi) is 5.08. The lowest BCUT2D eigenvalue weighted by Gasteiger charge is -2.17. The quantitative estimate of drug-likeness (QED) is 0.806. The van der Waals surface area contributed by atoms with Gasteiger partial charge in [-0.2, -0.15) is 5.10 Å². The molecule has 15 heavy (non-hydrogen) atoms. The van der Waals surface area contributed by atoms with Crippen LogP contribution in [0.15, 0.2) is 6.20 Å². The SMILES string of the molecule is CCNC(COC)Cn1ncc(Cl)c1C. The highest BCUT2D eigenvalue weighted by molar-refractivity contribution is 6.31. The van der Waals surface area contributed by atoms with Crippen molar-refractivity contribution >= 4 is 11.6 Å². The smallest absolute Gasteiger partial charge is 0.0814 e. The Balaban J connectivity index is 2.60. The first-order valence-electron chi connectivity index (χ1n) is 5.09. The van der Waals surface area contributed by atoms with E-state index in [4.69, 9.17) is 16.3 Å². The van der Waals surface area contributed by atoms with E-state index < -0.39 is 0 Å². The zero-order chi connectivity index (χ0) is 11.3. The van der Waals surface area contributed by atoms with Crippen LogP contribution in [0.1, 0.15) is 12.6 Å². The number of ether oxygens (including phenoxy) is 1. The average molecular weight is 232 g/mol. The summed E-state index contributed by atoms with van der Waals surface area (Å²) in [4.78, 5) is 0. The van der Waals surface area contributed by atoms with Crippen LogP contribution in [0.3, 0.4) is 0 Å². The van der Waals surface area contributed by atoms with Crippen molar-refractivity contribution in [3.63, 3.8) is 0 Å². The molecular formula is C10H18ClN3O. The summed E-state index contributed by atoms with van der Waals surface area (Å²) >= 11 is 5.93. The van der Waals surface area contributed by atoms with E-state index in [9.17, 15) is 0 Å². The van der Waals surface area contributed by atoms with E-state index in [0.29, 0.717) is 11.6 Å². The number of hydrogen-bond donors (Lipinski definition) is 1. The number of nitrogens with zero attached hydrogens (tertiary/aromatic N) is 2. The zero-order valence-corrected chi connectivity index (χ0v) is 10.2. The molecule has 1 aromatic rings. The summed E-state index contributed by atoms with van der Waals surface area (Å²) in [7, 11) is 1.70. The molecule has 1 N–H and O–H groups in total. The van der Waals surface area contributed by atoms with E-state index in [1.807, 2.05) is 11.6 Å². The maximum Gasteiger partial charge on any atom is 0.0814 e. The molecule has 0 radical (unpaired) electrons. The summed E-state index contributed by atoms with van der Waals surface area (Å²) < 4.78 is 7.04. The van der Waals surface area contributed by atoms with Gasteiger partial charge in [0.1, 0.15) is 0 Å². The van der Waals surface area contributed by atoms with Crippen molar-refractivity contribution < 1.29 is 4.74 Å². The highest BCUT2D eigenvalue weighted by atomic mass is 35.5. The lowest BCUT2D eigenvalue weighted by molar-refractivity contribution is 0.157. The lowest BCUT2D eigenvalue weighted by atomic mass is 10.3. The Bertz CT molecular complexity index is 295. The van der Waals surface area contributed by atoms with Crippen molar-refractivity contribution in [1.82, 2.24) is 15.1 Å². The molecule has 1 unspecified atom stereocenters. The maximum atomic E-state index is 5.93. The van der Waals surface area contributed by atoms with Gasteiger partial charge < -0.3 is 10.1 Å². The van der Waals surface area contributed by atoms with Gasteiger partial charge in [-0.3, -0.25) is 4.68 Å². The standard InChI is InChI=1S/C10H18ClN3O/c1-4-12-9(7-15-3)6-14-8(2)10(11)5-13-14/h5,9,12H,4,6-7H2,1-3H3. The molecule has 86 valence electrons. The number of nitrogens with one attached hydrogen (secondary N) is 1. The predicted molar refractivity (Wildman–Crippen MR) is 61.3 cm³/mol. The predicted octanol–water partition coefficient (Wildman–Crippen LogP) is 1.47. The van der Waals surface area contributed by atoms with Gasteiger partial charge in [0.25, 0.3) is 0 Å². The summed E-state index contributed by atoms with van der Waals surface area (Å²) in [6, 6.07) is 0.273. The minimum absolute atomic E-state index is 0.273. The van der Waals surface area contributed by atoms with Crippen LogP contribution in [0, 0.1) is 6.92 Å². The van der Waals surface area contributed by atoms with Crippen LogP contribution in [0.2, 0.25) is 5.02 Å². The molecule has 0 fully saturated rings. The van der Waals surface area contributed by atoms with E-state index >= 15 is 0 Å². The Labute approximate surface area is 95.6 Å². The fourth-order valence-corrected chi connectivity index (χ4v) is 1.62. The monoisotopic (exact) mass is 231 g/mol. The van der Waals surface area contributed by atoms with E-state index in [2.05, 4.69) is 17.3 Å². The summed E-state index contributed by atoms with van der Waals surface area (Å²) in [5.74, 6) is 0. The highest BCUT2D eigenvalue weighted by Gasteiger charge is 2.11. The zero-order valence-electron chi connectivity index (χ0n) is 9.46. The molecule has 1 rings (SSSR count). The molecule has 0 spiro atoms. The summed E-state index contributed by atoms with van der Waals surface area (Å²) in [6.45, 7) is 6.41. The van der Waals surface area contributed by atoms with Gasteiger partial charge in [-0.05, 0) is 13.5 Å². The highest BCUT2D eigenvalue weighted by Crippen LogP contribution is 2.13.